The Kier molecular flexibility index (Phi) is 3.26. The zero-order valence-electron chi connectivity index (χ0n) is 12.4. The van der Waals surface area contributed by atoms with Gasteiger partial charge in [-0.3, -0.25) is 4.40 Å². The SMILES string of the molecule is Cc1ccc(NC2CCC2)nc1-c1cnc2ccc(Cl)cn12. The standard InChI is InChI=1S/C17H17ClN4/c1-11-5-7-15(20-13-3-2-4-13)21-17(11)14-9-19-16-8-6-12(18)10-22(14)16/h5-10,13H,2-4H2,1H3,(H,20,21). The van der Waals surface area contributed by atoms with E-state index in [0.717, 1.165) is 28.4 Å². The summed E-state index contributed by atoms with van der Waals surface area (Å²) in [7, 11) is 0. The van der Waals surface area contributed by atoms with Crippen molar-refractivity contribution >= 4 is 23.1 Å². The molecule has 1 fully saturated rings. The van der Waals surface area contributed by atoms with Crippen molar-refractivity contribution in [3.63, 3.8) is 0 Å². The maximum atomic E-state index is 6.12. The Balaban J connectivity index is 1.79. The Morgan fingerprint density at radius 2 is 2.09 bits per heavy atom. The van der Waals surface area contributed by atoms with Crippen LogP contribution in [-0.2, 0) is 0 Å². The van der Waals surface area contributed by atoms with Gasteiger partial charge in [-0.2, -0.15) is 0 Å². The molecule has 5 heteroatoms. The van der Waals surface area contributed by atoms with Crippen LogP contribution in [-0.4, -0.2) is 20.4 Å². The van der Waals surface area contributed by atoms with Crippen LogP contribution >= 0.6 is 11.6 Å². The Labute approximate surface area is 134 Å². The van der Waals surface area contributed by atoms with Crippen LogP contribution in [0.2, 0.25) is 5.02 Å². The molecule has 3 aromatic heterocycles. The summed E-state index contributed by atoms with van der Waals surface area (Å²) in [6.45, 7) is 2.07. The van der Waals surface area contributed by atoms with Crippen molar-refractivity contribution in [1.29, 1.82) is 0 Å². The fourth-order valence-corrected chi connectivity index (χ4v) is 2.92. The predicted molar refractivity (Wildman–Crippen MR) is 89.4 cm³/mol. The number of anilines is 1. The molecule has 0 saturated heterocycles. The van der Waals surface area contributed by atoms with E-state index in [9.17, 15) is 0 Å². The summed E-state index contributed by atoms with van der Waals surface area (Å²) in [5, 5.41) is 4.19. The second-order valence-electron chi connectivity index (χ2n) is 5.85. The van der Waals surface area contributed by atoms with Crippen molar-refractivity contribution in [3.05, 3.63) is 47.2 Å². The smallest absolute Gasteiger partial charge is 0.137 e. The topological polar surface area (TPSA) is 42.2 Å². The number of aryl methyl sites for hydroxylation is 1. The first-order valence-corrected chi connectivity index (χ1v) is 7.96. The lowest BCUT2D eigenvalue weighted by Gasteiger charge is -2.27. The van der Waals surface area contributed by atoms with Crippen molar-refractivity contribution in [3.8, 4) is 11.4 Å². The highest BCUT2D eigenvalue weighted by atomic mass is 35.5. The number of nitrogens with one attached hydrogen (secondary N) is 1. The van der Waals surface area contributed by atoms with Gasteiger partial charge in [-0.15, -0.1) is 0 Å². The van der Waals surface area contributed by atoms with Gasteiger partial charge < -0.3 is 5.32 Å². The summed E-state index contributed by atoms with van der Waals surface area (Å²) in [6.07, 6.45) is 7.51. The van der Waals surface area contributed by atoms with Crippen LogP contribution in [0.25, 0.3) is 17.0 Å². The average Bonchev–Trinajstić information content (AvgIpc) is 2.87. The van der Waals surface area contributed by atoms with Gasteiger partial charge in [0.1, 0.15) is 11.5 Å². The molecule has 0 aliphatic heterocycles. The maximum Gasteiger partial charge on any atom is 0.137 e. The number of hydrogen-bond donors (Lipinski definition) is 1. The number of pyridine rings is 2. The van der Waals surface area contributed by atoms with Gasteiger partial charge in [0.05, 0.1) is 22.6 Å². The average molecular weight is 313 g/mol. The third kappa shape index (κ3) is 2.33. The molecular weight excluding hydrogens is 296 g/mol. The van der Waals surface area contributed by atoms with Crippen LogP contribution < -0.4 is 5.32 Å². The molecule has 112 valence electrons. The second kappa shape index (κ2) is 5.29. The summed E-state index contributed by atoms with van der Waals surface area (Å²) >= 11 is 6.12. The van der Waals surface area contributed by atoms with Crippen LogP contribution in [0.3, 0.4) is 0 Å². The highest BCUT2D eigenvalue weighted by Gasteiger charge is 2.18. The molecule has 3 heterocycles. The number of hydrogen-bond acceptors (Lipinski definition) is 3. The summed E-state index contributed by atoms with van der Waals surface area (Å²) < 4.78 is 1.99. The lowest BCUT2D eigenvalue weighted by Crippen LogP contribution is -2.27. The number of imidazole rings is 1. The molecule has 0 amide bonds. The minimum atomic E-state index is 0.569. The minimum absolute atomic E-state index is 0.569. The number of fused-ring (bicyclic) bond motifs is 1. The molecular formula is C17H17ClN4. The van der Waals surface area contributed by atoms with Crippen molar-refractivity contribution in [2.75, 3.05) is 5.32 Å². The largest absolute Gasteiger partial charge is 0.367 e. The molecule has 1 saturated carbocycles. The Morgan fingerprint density at radius 1 is 1.23 bits per heavy atom. The van der Waals surface area contributed by atoms with E-state index in [4.69, 9.17) is 16.6 Å². The maximum absolute atomic E-state index is 6.12. The molecule has 0 bridgehead atoms. The summed E-state index contributed by atoms with van der Waals surface area (Å²) in [5.41, 5.74) is 3.91. The molecule has 1 N–H and O–H groups in total. The lowest BCUT2D eigenvalue weighted by atomic mass is 9.93. The molecule has 0 unspecified atom stereocenters. The normalized spacial score (nSPS) is 15.0. The van der Waals surface area contributed by atoms with Crippen LogP contribution in [0.15, 0.2) is 36.7 Å². The lowest BCUT2D eigenvalue weighted by molar-refractivity contribution is 0.444. The van der Waals surface area contributed by atoms with Gasteiger partial charge in [-0.1, -0.05) is 17.7 Å². The van der Waals surface area contributed by atoms with Gasteiger partial charge in [0.15, 0.2) is 0 Å². The molecule has 4 nitrogen and oxygen atoms in total. The predicted octanol–water partition coefficient (Wildman–Crippen LogP) is 4.32. The van der Waals surface area contributed by atoms with E-state index in [0.29, 0.717) is 11.1 Å². The molecule has 0 spiro atoms. The van der Waals surface area contributed by atoms with E-state index in [1.807, 2.05) is 35.0 Å². The number of nitrogens with zero attached hydrogens (tertiary/aromatic N) is 3. The number of halogens is 1. The van der Waals surface area contributed by atoms with Crippen LogP contribution in [0.5, 0.6) is 0 Å². The quantitative estimate of drug-likeness (QED) is 0.783. The molecule has 1 aliphatic carbocycles. The number of rotatable bonds is 3. The monoisotopic (exact) mass is 312 g/mol. The highest BCUT2D eigenvalue weighted by molar-refractivity contribution is 6.30. The molecule has 3 aromatic rings. The summed E-state index contributed by atoms with van der Waals surface area (Å²) in [5.74, 6) is 0.933. The fraction of sp³-hybridized carbons (Fsp3) is 0.294. The van der Waals surface area contributed by atoms with Crippen molar-refractivity contribution in [2.24, 2.45) is 0 Å². The van der Waals surface area contributed by atoms with Gasteiger partial charge in [0.2, 0.25) is 0 Å². The third-order valence-electron chi connectivity index (χ3n) is 4.27. The van der Waals surface area contributed by atoms with Gasteiger partial charge >= 0.3 is 0 Å². The first-order chi connectivity index (χ1) is 10.7. The molecule has 0 atom stereocenters. The third-order valence-corrected chi connectivity index (χ3v) is 4.49. The molecule has 22 heavy (non-hydrogen) atoms. The van der Waals surface area contributed by atoms with E-state index < -0.39 is 0 Å². The first kappa shape index (κ1) is 13.6. The summed E-state index contributed by atoms with van der Waals surface area (Å²) in [4.78, 5) is 9.24. The minimum Gasteiger partial charge on any atom is -0.367 e. The number of aromatic nitrogens is 3. The van der Waals surface area contributed by atoms with Crippen LogP contribution in [0.1, 0.15) is 24.8 Å². The molecule has 1 aliphatic rings. The van der Waals surface area contributed by atoms with Crippen LogP contribution in [0, 0.1) is 6.92 Å². The van der Waals surface area contributed by atoms with E-state index in [2.05, 4.69) is 23.3 Å². The highest BCUT2D eigenvalue weighted by Crippen LogP contribution is 2.27. The van der Waals surface area contributed by atoms with Gasteiger partial charge in [-0.25, -0.2) is 9.97 Å². The van der Waals surface area contributed by atoms with Gasteiger partial charge in [0, 0.05) is 12.2 Å². The molecule has 0 radical (unpaired) electrons. The zero-order valence-corrected chi connectivity index (χ0v) is 13.1. The van der Waals surface area contributed by atoms with E-state index >= 15 is 0 Å². The first-order valence-electron chi connectivity index (χ1n) is 7.58. The molecule has 0 aromatic carbocycles. The van der Waals surface area contributed by atoms with Crippen LogP contribution in [0.4, 0.5) is 5.82 Å². The van der Waals surface area contributed by atoms with Gasteiger partial charge in [0.25, 0.3) is 0 Å². The van der Waals surface area contributed by atoms with Crippen molar-refractivity contribution < 1.29 is 0 Å². The van der Waals surface area contributed by atoms with E-state index in [1.165, 1.54) is 19.3 Å². The van der Waals surface area contributed by atoms with Gasteiger partial charge in [-0.05, 0) is 49.9 Å². The fourth-order valence-electron chi connectivity index (χ4n) is 2.76. The Hall–Kier alpha value is -2.07. The Morgan fingerprint density at radius 3 is 2.86 bits per heavy atom. The Bertz CT molecular complexity index is 836. The van der Waals surface area contributed by atoms with E-state index in [1.54, 1.807) is 0 Å². The van der Waals surface area contributed by atoms with Crippen molar-refractivity contribution in [1.82, 2.24) is 14.4 Å². The molecule has 4 rings (SSSR count). The summed E-state index contributed by atoms with van der Waals surface area (Å²) in [6, 6.07) is 8.49. The zero-order chi connectivity index (χ0) is 15.1. The van der Waals surface area contributed by atoms with Crippen molar-refractivity contribution in [2.45, 2.75) is 32.2 Å². The second-order valence-corrected chi connectivity index (χ2v) is 6.29. The van der Waals surface area contributed by atoms with E-state index in [-0.39, 0.29) is 0 Å².